The first-order chi connectivity index (χ1) is 10.1. The summed E-state index contributed by atoms with van der Waals surface area (Å²) in [5.74, 6) is 1.29. The zero-order chi connectivity index (χ0) is 15.4. The fourth-order valence-electron chi connectivity index (χ4n) is 2.94. The molecule has 1 saturated heterocycles. The maximum absolute atomic E-state index is 11.8. The van der Waals surface area contributed by atoms with Gasteiger partial charge in [0.1, 0.15) is 0 Å². The number of aromatic nitrogens is 2. The van der Waals surface area contributed by atoms with Crippen molar-refractivity contribution in [1.29, 1.82) is 0 Å². The average Bonchev–Trinajstić information content (AvgIpc) is 2.94. The summed E-state index contributed by atoms with van der Waals surface area (Å²) in [6, 6.07) is 0.586. The molecular formula is C14H25N5O2. The van der Waals surface area contributed by atoms with Crippen LogP contribution in [0.4, 0.5) is 0 Å². The van der Waals surface area contributed by atoms with Gasteiger partial charge >= 0.3 is 0 Å². The van der Waals surface area contributed by atoms with Crippen LogP contribution in [0, 0.1) is 0 Å². The lowest BCUT2D eigenvalue weighted by atomic mass is 10.0. The van der Waals surface area contributed by atoms with Gasteiger partial charge in [0, 0.05) is 32.1 Å². The molecule has 0 aromatic carbocycles. The number of piperazine rings is 1. The number of hydrogen-bond donors (Lipinski definition) is 1. The molecule has 2 heterocycles. The van der Waals surface area contributed by atoms with Gasteiger partial charge in [-0.25, -0.2) is 0 Å². The number of carbonyl (C=O) groups is 1. The Morgan fingerprint density at radius 3 is 2.57 bits per heavy atom. The highest BCUT2D eigenvalue weighted by Gasteiger charge is 2.33. The molecule has 7 nitrogen and oxygen atoms in total. The molecule has 1 aromatic rings. The van der Waals surface area contributed by atoms with Crippen LogP contribution in [0.3, 0.4) is 0 Å². The molecule has 2 atom stereocenters. The highest BCUT2D eigenvalue weighted by atomic mass is 16.5. The van der Waals surface area contributed by atoms with Crippen LogP contribution in [0.25, 0.3) is 0 Å². The number of rotatable bonds is 5. The number of nitrogens with zero attached hydrogens (tertiary/aromatic N) is 4. The maximum atomic E-state index is 11.8. The van der Waals surface area contributed by atoms with E-state index in [0.29, 0.717) is 24.3 Å². The van der Waals surface area contributed by atoms with Crippen molar-refractivity contribution in [2.24, 2.45) is 5.73 Å². The zero-order valence-electron chi connectivity index (χ0n) is 13.1. The molecule has 0 spiro atoms. The largest absolute Gasteiger partial charge is 0.338 e. The van der Waals surface area contributed by atoms with E-state index in [1.54, 1.807) is 6.92 Å². The molecule has 0 aliphatic carbocycles. The van der Waals surface area contributed by atoms with E-state index in [4.69, 9.17) is 10.3 Å². The lowest BCUT2D eigenvalue weighted by Gasteiger charge is -2.45. The van der Waals surface area contributed by atoms with Crippen LogP contribution in [0.1, 0.15) is 45.3 Å². The lowest BCUT2D eigenvalue weighted by Crippen LogP contribution is -2.58. The summed E-state index contributed by atoms with van der Waals surface area (Å²) in [6.45, 7) is 8.44. The van der Waals surface area contributed by atoms with Gasteiger partial charge in [-0.2, -0.15) is 4.98 Å². The molecule has 0 saturated carbocycles. The van der Waals surface area contributed by atoms with Crippen molar-refractivity contribution in [3.8, 4) is 0 Å². The van der Waals surface area contributed by atoms with E-state index < -0.39 is 0 Å². The Kier molecular flexibility index (Phi) is 5.30. The van der Waals surface area contributed by atoms with Gasteiger partial charge in [-0.05, 0) is 12.8 Å². The summed E-state index contributed by atoms with van der Waals surface area (Å²) in [4.78, 5) is 20.4. The van der Waals surface area contributed by atoms with E-state index in [0.717, 1.165) is 25.9 Å². The standard InChI is InChI=1S/C14H25N5O2/c1-4-11-8-19(10(3)20)12(5-2)7-18(11)9-13-16-14(6-15)21-17-13/h11-12H,4-9,15H2,1-3H3. The molecule has 0 radical (unpaired) electrons. The van der Waals surface area contributed by atoms with Crippen LogP contribution < -0.4 is 5.73 Å². The molecular weight excluding hydrogens is 270 g/mol. The van der Waals surface area contributed by atoms with Gasteiger partial charge in [-0.1, -0.05) is 19.0 Å². The summed E-state index contributed by atoms with van der Waals surface area (Å²) in [5.41, 5.74) is 5.49. The molecule has 1 aliphatic rings. The van der Waals surface area contributed by atoms with E-state index in [-0.39, 0.29) is 18.5 Å². The Labute approximate surface area is 125 Å². The molecule has 1 aromatic heterocycles. The monoisotopic (exact) mass is 295 g/mol. The molecule has 1 aliphatic heterocycles. The quantitative estimate of drug-likeness (QED) is 0.862. The summed E-state index contributed by atoms with van der Waals surface area (Å²) in [6.07, 6.45) is 1.94. The summed E-state index contributed by atoms with van der Waals surface area (Å²) >= 11 is 0. The molecule has 2 N–H and O–H groups in total. The van der Waals surface area contributed by atoms with E-state index >= 15 is 0 Å². The minimum Gasteiger partial charge on any atom is -0.338 e. The van der Waals surface area contributed by atoms with Gasteiger partial charge < -0.3 is 15.2 Å². The third kappa shape index (κ3) is 3.59. The van der Waals surface area contributed by atoms with Crippen LogP contribution in [-0.2, 0) is 17.9 Å². The van der Waals surface area contributed by atoms with Crippen LogP contribution in [0.15, 0.2) is 4.52 Å². The van der Waals surface area contributed by atoms with Crippen LogP contribution in [0.5, 0.6) is 0 Å². The molecule has 21 heavy (non-hydrogen) atoms. The molecule has 0 bridgehead atoms. The maximum Gasteiger partial charge on any atom is 0.240 e. The van der Waals surface area contributed by atoms with Crippen molar-refractivity contribution < 1.29 is 9.32 Å². The molecule has 2 rings (SSSR count). The Morgan fingerprint density at radius 2 is 2.05 bits per heavy atom. The van der Waals surface area contributed by atoms with E-state index in [9.17, 15) is 4.79 Å². The minimum absolute atomic E-state index is 0.157. The van der Waals surface area contributed by atoms with Gasteiger partial charge in [0.15, 0.2) is 5.82 Å². The van der Waals surface area contributed by atoms with Gasteiger partial charge in [-0.15, -0.1) is 0 Å². The number of carbonyl (C=O) groups excluding carboxylic acids is 1. The van der Waals surface area contributed by atoms with E-state index in [1.165, 1.54) is 0 Å². The zero-order valence-corrected chi connectivity index (χ0v) is 13.1. The first-order valence-corrected chi connectivity index (χ1v) is 7.61. The first-order valence-electron chi connectivity index (χ1n) is 7.61. The molecule has 118 valence electrons. The second-order valence-corrected chi connectivity index (χ2v) is 5.53. The van der Waals surface area contributed by atoms with Crippen LogP contribution in [0.2, 0.25) is 0 Å². The van der Waals surface area contributed by atoms with Gasteiger partial charge in [0.25, 0.3) is 0 Å². The minimum atomic E-state index is 0.157. The number of hydrogen-bond acceptors (Lipinski definition) is 6. The fourth-order valence-corrected chi connectivity index (χ4v) is 2.94. The number of nitrogens with two attached hydrogens (primary N) is 1. The number of amides is 1. The molecule has 1 fully saturated rings. The lowest BCUT2D eigenvalue weighted by molar-refractivity contribution is -0.136. The fraction of sp³-hybridized carbons (Fsp3) is 0.786. The Bertz CT molecular complexity index is 476. The third-order valence-corrected chi connectivity index (χ3v) is 4.19. The third-order valence-electron chi connectivity index (χ3n) is 4.19. The predicted molar refractivity (Wildman–Crippen MR) is 78.1 cm³/mol. The Balaban J connectivity index is 2.08. The van der Waals surface area contributed by atoms with Crippen LogP contribution in [-0.4, -0.2) is 51.0 Å². The van der Waals surface area contributed by atoms with Crippen molar-refractivity contribution in [3.63, 3.8) is 0 Å². The second kappa shape index (κ2) is 7.00. The predicted octanol–water partition coefficient (Wildman–Crippen LogP) is 0.750. The summed E-state index contributed by atoms with van der Waals surface area (Å²) in [5, 5.41) is 3.97. The Hall–Kier alpha value is -1.47. The first kappa shape index (κ1) is 15.9. The molecule has 2 unspecified atom stereocenters. The summed E-state index contributed by atoms with van der Waals surface area (Å²) < 4.78 is 5.06. The highest BCUT2D eigenvalue weighted by molar-refractivity contribution is 5.73. The van der Waals surface area contributed by atoms with Gasteiger partial charge in [0.2, 0.25) is 11.8 Å². The average molecular weight is 295 g/mol. The van der Waals surface area contributed by atoms with E-state index in [1.807, 2.05) is 4.90 Å². The molecule has 1 amide bonds. The van der Waals surface area contributed by atoms with Crippen molar-refractivity contribution in [2.45, 2.75) is 58.8 Å². The van der Waals surface area contributed by atoms with Crippen molar-refractivity contribution in [2.75, 3.05) is 13.1 Å². The molecule has 7 heteroatoms. The van der Waals surface area contributed by atoms with Crippen molar-refractivity contribution >= 4 is 5.91 Å². The highest BCUT2D eigenvalue weighted by Crippen LogP contribution is 2.21. The van der Waals surface area contributed by atoms with Crippen molar-refractivity contribution in [3.05, 3.63) is 11.7 Å². The van der Waals surface area contributed by atoms with Crippen molar-refractivity contribution in [1.82, 2.24) is 19.9 Å². The van der Waals surface area contributed by atoms with Gasteiger partial charge in [-0.3, -0.25) is 9.69 Å². The van der Waals surface area contributed by atoms with Crippen LogP contribution >= 0.6 is 0 Å². The second-order valence-electron chi connectivity index (χ2n) is 5.53. The summed E-state index contributed by atoms with van der Waals surface area (Å²) in [7, 11) is 0. The Morgan fingerprint density at radius 1 is 1.33 bits per heavy atom. The van der Waals surface area contributed by atoms with Gasteiger partial charge in [0.05, 0.1) is 13.1 Å². The van der Waals surface area contributed by atoms with E-state index in [2.05, 4.69) is 28.9 Å². The SMILES string of the molecule is CCC1CN(C(C)=O)C(CC)CN1Cc1noc(CN)n1. The topological polar surface area (TPSA) is 88.5 Å². The normalized spacial score (nSPS) is 23.5. The smallest absolute Gasteiger partial charge is 0.240 e.